The van der Waals surface area contributed by atoms with Crippen LogP contribution in [-0.4, -0.2) is 67.3 Å². The Morgan fingerprint density at radius 1 is 1.15 bits per heavy atom. The van der Waals surface area contributed by atoms with Crippen LogP contribution >= 0.6 is 0 Å². The predicted molar refractivity (Wildman–Crippen MR) is 161 cm³/mol. The van der Waals surface area contributed by atoms with E-state index in [1.807, 2.05) is 51.9 Å². The summed E-state index contributed by atoms with van der Waals surface area (Å²) < 4.78 is 7.78. The van der Waals surface area contributed by atoms with E-state index >= 15 is 0 Å². The molecule has 0 spiro atoms. The number of anilines is 3. The molecule has 5 rings (SSSR count). The average molecular weight is 547 g/mol. The molecule has 2 aromatic carbocycles. The van der Waals surface area contributed by atoms with Crippen LogP contribution in [-0.2, 0) is 11.3 Å². The second-order valence-corrected chi connectivity index (χ2v) is 12.1. The fraction of sp³-hybridized carbons (Fsp3) is 0.484. The van der Waals surface area contributed by atoms with Crippen molar-refractivity contribution in [2.24, 2.45) is 0 Å². The van der Waals surface area contributed by atoms with Crippen molar-refractivity contribution in [2.45, 2.75) is 64.9 Å². The lowest BCUT2D eigenvalue weighted by atomic mass is 10.0. The highest BCUT2D eigenvalue weighted by molar-refractivity contribution is 6.01. The summed E-state index contributed by atoms with van der Waals surface area (Å²) >= 11 is 0. The van der Waals surface area contributed by atoms with Gasteiger partial charge in [0.15, 0.2) is 0 Å². The number of amides is 2. The summed E-state index contributed by atoms with van der Waals surface area (Å²) in [5, 5.41) is 7.89. The average Bonchev–Trinajstić information content (AvgIpc) is 3.43. The van der Waals surface area contributed by atoms with Crippen molar-refractivity contribution in [3.8, 4) is 0 Å². The number of fused-ring (bicyclic) bond motifs is 2. The first-order valence-corrected chi connectivity index (χ1v) is 14.2. The summed E-state index contributed by atoms with van der Waals surface area (Å²) in [5.74, 6) is -0.0304. The van der Waals surface area contributed by atoms with Gasteiger partial charge in [-0.25, -0.2) is 4.79 Å². The summed E-state index contributed by atoms with van der Waals surface area (Å²) in [5.41, 5.74) is 5.47. The van der Waals surface area contributed by atoms with Crippen molar-refractivity contribution in [1.29, 1.82) is 0 Å². The molecule has 40 heavy (non-hydrogen) atoms. The Balaban J connectivity index is 1.41. The molecule has 1 aromatic heterocycles. The highest BCUT2D eigenvalue weighted by Crippen LogP contribution is 2.47. The number of aryl methyl sites for hydroxylation is 1. The molecule has 9 nitrogen and oxygen atoms in total. The van der Waals surface area contributed by atoms with Gasteiger partial charge in [0, 0.05) is 63.3 Å². The van der Waals surface area contributed by atoms with E-state index < -0.39 is 11.7 Å². The smallest absolute Gasteiger partial charge is 0.407 e. The highest BCUT2D eigenvalue weighted by Gasteiger charge is 2.35. The number of rotatable bonds is 5. The fourth-order valence-corrected chi connectivity index (χ4v) is 5.96. The topological polar surface area (TPSA) is 82.1 Å². The van der Waals surface area contributed by atoms with E-state index in [0.29, 0.717) is 18.7 Å². The molecule has 214 valence electrons. The number of benzene rings is 2. The van der Waals surface area contributed by atoms with Crippen LogP contribution in [0.2, 0.25) is 0 Å². The van der Waals surface area contributed by atoms with Gasteiger partial charge in [-0.3, -0.25) is 4.79 Å². The van der Waals surface area contributed by atoms with E-state index in [-0.39, 0.29) is 18.1 Å². The Bertz CT molecular complexity index is 1420. The molecule has 2 unspecified atom stereocenters. The fourth-order valence-electron chi connectivity index (χ4n) is 5.96. The molecule has 0 aliphatic carbocycles. The van der Waals surface area contributed by atoms with Gasteiger partial charge in [-0.1, -0.05) is 18.2 Å². The molecule has 9 heteroatoms. The Morgan fingerprint density at radius 3 is 2.60 bits per heavy atom. The largest absolute Gasteiger partial charge is 0.444 e. The third-order valence-electron chi connectivity index (χ3n) is 7.72. The molecule has 2 atom stereocenters. The Kier molecular flexibility index (Phi) is 7.33. The quantitative estimate of drug-likeness (QED) is 0.445. The molecule has 0 bridgehead atoms. The molecule has 0 saturated carbocycles. The number of alkyl carbamates (subject to hydrolysis) is 1. The third kappa shape index (κ3) is 5.29. The number of carbonyl (C=O) groups is 2. The van der Waals surface area contributed by atoms with Gasteiger partial charge in [-0.2, -0.15) is 0 Å². The van der Waals surface area contributed by atoms with E-state index in [1.165, 1.54) is 16.6 Å². The lowest BCUT2D eigenvalue weighted by Crippen LogP contribution is -2.50. The third-order valence-corrected chi connectivity index (χ3v) is 7.72. The number of nitrogens with one attached hydrogen (secondary N) is 2. The number of nitrogens with zero attached hydrogens (tertiary/aromatic N) is 4. The summed E-state index contributed by atoms with van der Waals surface area (Å²) in [6.07, 6.45) is 1.13. The molecule has 2 aliphatic rings. The molecule has 2 aliphatic heterocycles. The number of aromatic nitrogens is 1. The first-order chi connectivity index (χ1) is 19.0. The minimum atomic E-state index is -0.565. The molecule has 2 N–H and O–H groups in total. The Morgan fingerprint density at radius 2 is 1.90 bits per heavy atom. The van der Waals surface area contributed by atoms with Crippen LogP contribution in [0.4, 0.5) is 21.9 Å². The standard InChI is InChI=1S/C31H42N6O3/c1-8-37-24-14-10-9-12-20(24)17-26(37)28-33-23-16-21(18-25(34(5)6)27(23)35(28)7)29(38)36-15-11-13-22(19-36)32-30(39)40-31(2,3)4/h9-10,12,14,16-18,22,28,33H,8,11,13,15,19H2,1-7H3,(H,32,39). The number of hydrogen-bond donors (Lipinski definition) is 2. The van der Waals surface area contributed by atoms with E-state index in [0.717, 1.165) is 36.4 Å². The maximum absolute atomic E-state index is 13.8. The maximum atomic E-state index is 13.8. The lowest BCUT2D eigenvalue weighted by Gasteiger charge is -2.34. The van der Waals surface area contributed by atoms with Crippen LogP contribution in [0.25, 0.3) is 10.9 Å². The van der Waals surface area contributed by atoms with Gasteiger partial charge >= 0.3 is 6.09 Å². The SMILES string of the molecule is CCn1c(C2Nc3cc(C(=O)N4CCCC(NC(=O)OC(C)(C)C)C4)cc(N(C)C)c3N2C)cc2ccccc21. The molecule has 1 saturated heterocycles. The van der Waals surface area contributed by atoms with Crippen molar-refractivity contribution in [3.63, 3.8) is 0 Å². The Labute approximate surface area is 237 Å². The number of ether oxygens (including phenoxy) is 1. The molecular weight excluding hydrogens is 504 g/mol. The first kappa shape index (κ1) is 27.7. The summed E-state index contributed by atoms with van der Waals surface area (Å²) in [6, 6.07) is 14.5. The zero-order chi connectivity index (χ0) is 28.8. The number of piperidine rings is 1. The monoisotopic (exact) mass is 546 g/mol. The van der Waals surface area contributed by atoms with E-state index in [2.05, 4.69) is 69.3 Å². The van der Waals surface area contributed by atoms with Gasteiger partial charge in [0.1, 0.15) is 11.8 Å². The van der Waals surface area contributed by atoms with Gasteiger partial charge in [0.25, 0.3) is 5.91 Å². The summed E-state index contributed by atoms with van der Waals surface area (Å²) in [7, 11) is 6.12. The van der Waals surface area contributed by atoms with Gasteiger partial charge in [0.05, 0.1) is 22.8 Å². The predicted octanol–water partition coefficient (Wildman–Crippen LogP) is 5.42. The van der Waals surface area contributed by atoms with E-state index in [4.69, 9.17) is 4.74 Å². The van der Waals surface area contributed by atoms with Crippen molar-refractivity contribution >= 4 is 40.0 Å². The van der Waals surface area contributed by atoms with Gasteiger partial charge in [-0.15, -0.1) is 0 Å². The molecule has 1 fully saturated rings. The molecule has 2 amide bonds. The summed E-state index contributed by atoms with van der Waals surface area (Å²) in [6.45, 7) is 9.68. The van der Waals surface area contributed by atoms with Crippen molar-refractivity contribution in [3.05, 3.63) is 53.7 Å². The van der Waals surface area contributed by atoms with Crippen LogP contribution in [0.15, 0.2) is 42.5 Å². The zero-order valence-electron chi connectivity index (χ0n) is 24.7. The van der Waals surface area contributed by atoms with Gasteiger partial charge in [-0.05, 0) is 64.8 Å². The molecule has 3 aromatic rings. The summed E-state index contributed by atoms with van der Waals surface area (Å²) in [4.78, 5) is 32.3. The number of carbonyl (C=O) groups excluding carboxylic acids is 2. The number of hydrogen-bond acceptors (Lipinski definition) is 6. The second kappa shape index (κ2) is 10.6. The second-order valence-electron chi connectivity index (χ2n) is 12.1. The van der Waals surface area contributed by atoms with E-state index in [1.54, 1.807) is 0 Å². The van der Waals surface area contributed by atoms with Crippen LogP contribution < -0.4 is 20.4 Å². The lowest BCUT2D eigenvalue weighted by molar-refractivity contribution is 0.0452. The van der Waals surface area contributed by atoms with E-state index in [9.17, 15) is 9.59 Å². The van der Waals surface area contributed by atoms with Crippen LogP contribution in [0.1, 0.15) is 62.8 Å². The zero-order valence-corrected chi connectivity index (χ0v) is 24.7. The minimum Gasteiger partial charge on any atom is -0.444 e. The first-order valence-electron chi connectivity index (χ1n) is 14.2. The minimum absolute atomic E-state index is 0.0304. The number of para-hydroxylation sites is 1. The van der Waals surface area contributed by atoms with Crippen LogP contribution in [0.3, 0.4) is 0 Å². The van der Waals surface area contributed by atoms with Gasteiger partial charge in [0.2, 0.25) is 0 Å². The molecule has 0 radical (unpaired) electrons. The Hall–Kier alpha value is -3.88. The van der Waals surface area contributed by atoms with Crippen molar-refractivity contribution in [1.82, 2.24) is 14.8 Å². The van der Waals surface area contributed by atoms with Crippen LogP contribution in [0.5, 0.6) is 0 Å². The van der Waals surface area contributed by atoms with Crippen molar-refractivity contribution < 1.29 is 14.3 Å². The van der Waals surface area contributed by atoms with Gasteiger partial charge < -0.3 is 34.6 Å². The molecule has 3 heterocycles. The molecular formula is C31H42N6O3. The maximum Gasteiger partial charge on any atom is 0.407 e. The van der Waals surface area contributed by atoms with Crippen LogP contribution in [0, 0.1) is 0 Å². The number of likely N-dealkylation sites (tertiary alicyclic amines) is 1. The normalized spacial score (nSPS) is 18.9. The van der Waals surface area contributed by atoms with Crippen molar-refractivity contribution in [2.75, 3.05) is 49.3 Å². The highest BCUT2D eigenvalue weighted by atomic mass is 16.6.